The van der Waals surface area contributed by atoms with E-state index in [1.165, 1.54) is 13.5 Å². The van der Waals surface area contributed by atoms with Crippen LogP contribution in [0.2, 0.25) is 5.02 Å². The molecular weight excluding hydrogens is 444 g/mol. The molecule has 1 aromatic heterocycles. The van der Waals surface area contributed by atoms with Crippen molar-refractivity contribution < 1.29 is 18.8 Å². The summed E-state index contributed by atoms with van der Waals surface area (Å²) in [5.41, 5.74) is 2.03. The van der Waals surface area contributed by atoms with Crippen molar-refractivity contribution in [3.63, 3.8) is 0 Å². The van der Waals surface area contributed by atoms with Gasteiger partial charge in [-0.1, -0.05) is 35.3 Å². The van der Waals surface area contributed by atoms with Crippen LogP contribution in [0.5, 0.6) is 5.75 Å². The van der Waals surface area contributed by atoms with E-state index in [0.717, 1.165) is 18.4 Å². The monoisotopic (exact) mass is 466 g/mol. The highest BCUT2D eigenvalue weighted by Crippen LogP contribution is 2.36. The minimum absolute atomic E-state index is 0.108. The summed E-state index contributed by atoms with van der Waals surface area (Å²) in [5, 5.41) is 7.35. The van der Waals surface area contributed by atoms with Crippen LogP contribution in [0.3, 0.4) is 0 Å². The Bertz CT molecular complexity index is 1210. The molecule has 0 radical (unpaired) electrons. The van der Waals surface area contributed by atoms with Crippen molar-refractivity contribution in [2.75, 3.05) is 23.9 Å². The normalized spacial score (nSPS) is 18.3. The van der Waals surface area contributed by atoms with E-state index in [1.54, 1.807) is 23.1 Å². The molecule has 2 aliphatic rings. The van der Waals surface area contributed by atoms with Gasteiger partial charge in [0.1, 0.15) is 5.75 Å². The molecule has 33 heavy (non-hydrogen) atoms. The number of nitrogens with one attached hydrogen (secondary N) is 1. The maximum absolute atomic E-state index is 12.8. The van der Waals surface area contributed by atoms with E-state index in [-0.39, 0.29) is 24.8 Å². The van der Waals surface area contributed by atoms with E-state index in [9.17, 15) is 9.59 Å². The number of hydrogen-bond donors (Lipinski definition) is 1. The fourth-order valence-electron chi connectivity index (χ4n) is 4.11. The quantitative estimate of drug-likeness (QED) is 0.567. The highest BCUT2D eigenvalue weighted by atomic mass is 35.5. The highest BCUT2D eigenvalue weighted by molar-refractivity contribution is 6.32. The van der Waals surface area contributed by atoms with E-state index >= 15 is 0 Å². The SMILES string of the molecule is COc1ccc(NC(=O)C2CC(=O)N(c3cccc(-c4noc(C5CCC5)n4)c3)C2)cc1Cl. The van der Waals surface area contributed by atoms with Crippen LogP contribution < -0.4 is 15.0 Å². The molecule has 1 atom stereocenters. The summed E-state index contributed by atoms with van der Waals surface area (Å²) in [6, 6.07) is 12.5. The lowest BCUT2D eigenvalue weighted by Gasteiger charge is -2.20. The Labute approximate surface area is 195 Å². The lowest BCUT2D eigenvalue weighted by atomic mass is 9.85. The van der Waals surface area contributed by atoms with Crippen LogP contribution in [-0.4, -0.2) is 35.6 Å². The van der Waals surface area contributed by atoms with Gasteiger partial charge in [-0.05, 0) is 43.2 Å². The predicted octanol–water partition coefficient (Wildman–Crippen LogP) is 4.66. The molecule has 1 N–H and O–H groups in total. The summed E-state index contributed by atoms with van der Waals surface area (Å²) >= 11 is 6.14. The van der Waals surface area contributed by atoms with Gasteiger partial charge in [0.2, 0.25) is 23.5 Å². The summed E-state index contributed by atoms with van der Waals surface area (Å²) in [5.74, 6) is 1.25. The van der Waals surface area contributed by atoms with Gasteiger partial charge in [0.25, 0.3) is 0 Å². The first-order chi connectivity index (χ1) is 16.0. The first-order valence-corrected chi connectivity index (χ1v) is 11.3. The van der Waals surface area contributed by atoms with Gasteiger partial charge in [0.05, 0.1) is 18.1 Å². The molecule has 170 valence electrons. The van der Waals surface area contributed by atoms with E-state index in [0.29, 0.717) is 39.8 Å². The number of aromatic nitrogens is 2. The molecule has 1 aliphatic carbocycles. The van der Waals surface area contributed by atoms with Crippen LogP contribution in [0.15, 0.2) is 47.0 Å². The van der Waals surface area contributed by atoms with Crippen LogP contribution in [0.4, 0.5) is 11.4 Å². The van der Waals surface area contributed by atoms with Crippen molar-refractivity contribution in [3.8, 4) is 17.1 Å². The second-order valence-electron chi connectivity index (χ2n) is 8.38. The van der Waals surface area contributed by atoms with Crippen molar-refractivity contribution in [3.05, 3.63) is 53.4 Å². The fourth-order valence-corrected chi connectivity index (χ4v) is 4.37. The van der Waals surface area contributed by atoms with Crippen LogP contribution >= 0.6 is 11.6 Å². The number of rotatable bonds is 6. The Morgan fingerprint density at radius 1 is 1.24 bits per heavy atom. The number of benzene rings is 2. The number of hydrogen-bond acceptors (Lipinski definition) is 6. The van der Waals surface area contributed by atoms with Gasteiger partial charge >= 0.3 is 0 Å². The molecular formula is C24H23ClN4O4. The number of nitrogens with zero attached hydrogens (tertiary/aromatic N) is 3. The first kappa shape index (κ1) is 21.5. The molecule has 2 amide bonds. The van der Waals surface area contributed by atoms with Crippen LogP contribution in [0.25, 0.3) is 11.4 Å². The van der Waals surface area contributed by atoms with Crippen molar-refractivity contribution in [2.45, 2.75) is 31.6 Å². The molecule has 2 fully saturated rings. The molecule has 1 saturated heterocycles. The number of carbonyl (C=O) groups is 2. The van der Waals surface area contributed by atoms with E-state index in [1.807, 2.05) is 24.3 Å². The van der Waals surface area contributed by atoms with Crippen LogP contribution in [0.1, 0.15) is 37.5 Å². The van der Waals surface area contributed by atoms with Gasteiger partial charge in [-0.2, -0.15) is 4.98 Å². The molecule has 9 heteroatoms. The van der Waals surface area contributed by atoms with Gasteiger partial charge in [0, 0.05) is 35.8 Å². The average molecular weight is 467 g/mol. The summed E-state index contributed by atoms with van der Waals surface area (Å²) in [7, 11) is 1.53. The Morgan fingerprint density at radius 3 is 2.82 bits per heavy atom. The van der Waals surface area contributed by atoms with E-state index in [2.05, 4.69) is 15.5 Å². The zero-order valence-electron chi connectivity index (χ0n) is 18.1. The van der Waals surface area contributed by atoms with Gasteiger partial charge in [-0.3, -0.25) is 9.59 Å². The standard InChI is InChI=1S/C24H23ClN4O4/c1-32-20-9-8-17(12-19(20)25)26-23(31)16-11-21(30)29(13-16)18-7-3-6-15(10-18)22-27-24(33-28-22)14-4-2-5-14/h3,6-10,12,14,16H,2,4-5,11,13H2,1H3,(H,26,31). The summed E-state index contributed by atoms with van der Waals surface area (Å²) in [6.07, 6.45) is 3.48. The number of anilines is 2. The Balaban J connectivity index is 1.28. The predicted molar refractivity (Wildman–Crippen MR) is 123 cm³/mol. The topological polar surface area (TPSA) is 97.6 Å². The van der Waals surface area contributed by atoms with Crippen LogP contribution in [0, 0.1) is 5.92 Å². The Hall–Kier alpha value is -3.39. The molecule has 0 spiro atoms. The second-order valence-corrected chi connectivity index (χ2v) is 8.79. The average Bonchev–Trinajstić information content (AvgIpc) is 3.40. The molecule has 8 nitrogen and oxygen atoms in total. The van der Waals surface area contributed by atoms with Gasteiger partial charge in [-0.15, -0.1) is 0 Å². The minimum atomic E-state index is -0.475. The maximum atomic E-state index is 12.8. The summed E-state index contributed by atoms with van der Waals surface area (Å²) < 4.78 is 10.6. The zero-order chi connectivity index (χ0) is 22.9. The second kappa shape index (κ2) is 8.86. The largest absolute Gasteiger partial charge is 0.495 e. The fraction of sp³-hybridized carbons (Fsp3) is 0.333. The number of halogens is 1. The van der Waals surface area contributed by atoms with E-state index in [4.69, 9.17) is 20.9 Å². The van der Waals surface area contributed by atoms with Crippen LogP contribution in [-0.2, 0) is 9.59 Å². The molecule has 1 aliphatic heterocycles. The third kappa shape index (κ3) is 4.30. The number of carbonyl (C=O) groups excluding carboxylic acids is 2. The summed E-state index contributed by atoms with van der Waals surface area (Å²) in [4.78, 5) is 31.7. The van der Waals surface area contributed by atoms with Gasteiger partial charge < -0.3 is 19.5 Å². The lowest BCUT2D eigenvalue weighted by Crippen LogP contribution is -2.28. The lowest BCUT2D eigenvalue weighted by molar-refractivity contribution is -0.122. The molecule has 1 unspecified atom stereocenters. The van der Waals surface area contributed by atoms with Crippen molar-refractivity contribution in [1.29, 1.82) is 0 Å². The molecule has 3 aromatic rings. The molecule has 5 rings (SSSR count). The molecule has 0 bridgehead atoms. The van der Waals surface area contributed by atoms with Crippen molar-refractivity contribution >= 4 is 34.8 Å². The van der Waals surface area contributed by atoms with Gasteiger partial charge in [0.15, 0.2) is 0 Å². The number of methoxy groups -OCH3 is 1. The van der Waals surface area contributed by atoms with Crippen molar-refractivity contribution in [1.82, 2.24) is 10.1 Å². The molecule has 2 aromatic carbocycles. The third-order valence-corrected chi connectivity index (χ3v) is 6.52. The molecule has 2 heterocycles. The molecule has 1 saturated carbocycles. The first-order valence-electron chi connectivity index (χ1n) is 10.9. The summed E-state index contributed by atoms with van der Waals surface area (Å²) in [6.45, 7) is 0.289. The number of amides is 2. The maximum Gasteiger partial charge on any atom is 0.230 e. The van der Waals surface area contributed by atoms with Crippen molar-refractivity contribution in [2.24, 2.45) is 5.92 Å². The zero-order valence-corrected chi connectivity index (χ0v) is 18.8. The minimum Gasteiger partial charge on any atom is -0.495 e. The van der Waals surface area contributed by atoms with E-state index < -0.39 is 5.92 Å². The third-order valence-electron chi connectivity index (χ3n) is 6.23. The highest BCUT2D eigenvalue weighted by Gasteiger charge is 2.35. The Morgan fingerprint density at radius 2 is 2.09 bits per heavy atom. The number of ether oxygens (including phenoxy) is 1. The smallest absolute Gasteiger partial charge is 0.230 e. The van der Waals surface area contributed by atoms with Gasteiger partial charge in [-0.25, -0.2) is 0 Å². The Kier molecular flexibility index (Phi) is 5.76.